The number of anilines is 1. The number of nitrogens with one attached hydrogen (secondary N) is 1. The Kier molecular flexibility index (Phi) is 3.92. The summed E-state index contributed by atoms with van der Waals surface area (Å²) in [6.07, 6.45) is 0.710. The molecule has 0 radical (unpaired) electrons. The minimum Gasteiger partial charge on any atom is -0.352 e. The van der Waals surface area contributed by atoms with Gasteiger partial charge in [-0.2, -0.15) is 0 Å². The summed E-state index contributed by atoms with van der Waals surface area (Å²) in [5, 5.41) is 2.82. The molecule has 0 saturated carbocycles. The summed E-state index contributed by atoms with van der Waals surface area (Å²) in [5.41, 5.74) is 3.14. The topological polar surface area (TPSA) is 49.4 Å². The molecule has 0 unspecified atom stereocenters. The van der Waals surface area contributed by atoms with Gasteiger partial charge in [-0.15, -0.1) is 0 Å². The van der Waals surface area contributed by atoms with Crippen LogP contribution in [-0.2, 0) is 6.42 Å². The number of amides is 2. The lowest BCUT2D eigenvalue weighted by atomic mass is 10.0. The summed E-state index contributed by atoms with van der Waals surface area (Å²) in [5.74, 6) is -0.0965. The van der Waals surface area contributed by atoms with E-state index in [0.717, 1.165) is 11.3 Å². The quantitative estimate of drug-likeness (QED) is 0.946. The summed E-state index contributed by atoms with van der Waals surface area (Å²) < 4.78 is 0. The molecule has 0 fully saturated rings. The van der Waals surface area contributed by atoms with Crippen molar-refractivity contribution in [1.82, 2.24) is 5.32 Å². The van der Waals surface area contributed by atoms with Gasteiger partial charge in [0.2, 0.25) is 0 Å². The third-order valence-electron chi connectivity index (χ3n) is 3.88. The first kappa shape index (κ1) is 14.3. The molecule has 4 heteroatoms. The SMILES string of the molecule is CCNC(=O)c1cccc2c1CCN2C(=O)c1ccccc1. The number of benzene rings is 2. The molecule has 0 atom stereocenters. The van der Waals surface area contributed by atoms with E-state index in [1.165, 1.54) is 0 Å². The van der Waals surface area contributed by atoms with E-state index in [9.17, 15) is 9.59 Å². The van der Waals surface area contributed by atoms with Crippen molar-refractivity contribution in [3.05, 3.63) is 65.2 Å². The molecule has 0 aliphatic carbocycles. The Morgan fingerprint density at radius 3 is 2.59 bits per heavy atom. The Hall–Kier alpha value is -2.62. The maximum absolute atomic E-state index is 12.6. The second-order valence-electron chi connectivity index (χ2n) is 5.24. The fourth-order valence-electron chi connectivity index (χ4n) is 2.85. The van der Waals surface area contributed by atoms with Crippen molar-refractivity contribution in [2.45, 2.75) is 13.3 Å². The first-order valence-electron chi connectivity index (χ1n) is 7.49. The fraction of sp³-hybridized carbons (Fsp3) is 0.222. The molecule has 0 spiro atoms. The maximum atomic E-state index is 12.6. The van der Waals surface area contributed by atoms with Crippen molar-refractivity contribution in [3.63, 3.8) is 0 Å². The molecule has 2 amide bonds. The first-order chi connectivity index (χ1) is 10.7. The summed E-state index contributed by atoms with van der Waals surface area (Å²) in [6.45, 7) is 3.10. The number of hydrogen-bond acceptors (Lipinski definition) is 2. The molecular formula is C18H18N2O2. The zero-order valence-electron chi connectivity index (χ0n) is 12.5. The van der Waals surface area contributed by atoms with Crippen molar-refractivity contribution in [2.75, 3.05) is 18.0 Å². The summed E-state index contributed by atoms with van der Waals surface area (Å²) in [7, 11) is 0. The van der Waals surface area contributed by atoms with Crippen LogP contribution < -0.4 is 10.2 Å². The molecule has 0 bridgehead atoms. The normalized spacial score (nSPS) is 12.9. The van der Waals surface area contributed by atoms with E-state index in [1.54, 1.807) is 4.90 Å². The molecule has 22 heavy (non-hydrogen) atoms. The largest absolute Gasteiger partial charge is 0.352 e. The first-order valence-corrected chi connectivity index (χ1v) is 7.49. The van der Waals surface area contributed by atoms with Crippen LogP contribution in [0.4, 0.5) is 5.69 Å². The predicted octanol–water partition coefficient (Wildman–Crippen LogP) is 2.64. The smallest absolute Gasteiger partial charge is 0.258 e. The summed E-state index contributed by atoms with van der Waals surface area (Å²) in [4.78, 5) is 26.5. The van der Waals surface area contributed by atoms with Crippen LogP contribution in [0.25, 0.3) is 0 Å². The van der Waals surface area contributed by atoms with Gasteiger partial charge in [0, 0.05) is 29.9 Å². The Labute approximate surface area is 129 Å². The molecule has 4 nitrogen and oxygen atoms in total. The third-order valence-corrected chi connectivity index (χ3v) is 3.88. The van der Waals surface area contributed by atoms with Gasteiger partial charge >= 0.3 is 0 Å². The second kappa shape index (κ2) is 6.02. The van der Waals surface area contributed by atoms with Gasteiger partial charge < -0.3 is 10.2 Å². The molecule has 1 heterocycles. The second-order valence-corrected chi connectivity index (χ2v) is 5.24. The standard InChI is InChI=1S/C18H18N2O2/c1-2-19-17(21)15-9-6-10-16-14(15)11-12-20(16)18(22)13-7-4-3-5-8-13/h3-10H,2,11-12H2,1H3,(H,19,21). The Bertz CT molecular complexity index is 710. The van der Waals surface area contributed by atoms with E-state index < -0.39 is 0 Å². The zero-order valence-corrected chi connectivity index (χ0v) is 12.5. The molecule has 0 aromatic heterocycles. The number of carbonyl (C=O) groups is 2. The summed E-state index contributed by atoms with van der Waals surface area (Å²) >= 11 is 0. The predicted molar refractivity (Wildman–Crippen MR) is 86.3 cm³/mol. The van der Waals surface area contributed by atoms with Crippen molar-refractivity contribution in [2.24, 2.45) is 0 Å². The fourth-order valence-corrected chi connectivity index (χ4v) is 2.85. The molecule has 112 valence electrons. The van der Waals surface area contributed by atoms with Crippen LogP contribution >= 0.6 is 0 Å². The minimum atomic E-state index is -0.0756. The van der Waals surface area contributed by atoms with E-state index in [1.807, 2.05) is 55.5 Å². The van der Waals surface area contributed by atoms with Gasteiger partial charge in [-0.3, -0.25) is 9.59 Å². The molecule has 1 aliphatic heterocycles. The van der Waals surface area contributed by atoms with Crippen LogP contribution in [0, 0.1) is 0 Å². The number of carbonyl (C=O) groups excluding carboxylic acids is 2. The van der Waals surface area contributed by atoms with Gasteiger partial charge in [0.05, 0.1) is 0 Å². The molecular weight excluding hydrogens is 276 g/mol. The minimum absolute atomic E-state index is 0.0209. The molecule has 2 aromatic rings. The lowest BCUT2D eigenvalue weighted by Gasteiger charge is -2.18. The molecule has 0 saturated heterocycles. The van der Waals surface area contributed by atoms with Gasteiger partial charge in [0.1, 0.15) is 0 Å². The van der Waals surface area contributed by atoms with Gasteiger partial charge in [0.15, 0.2) is 0 Å². The van der Waals surface area contributed by atoms with Gasteiger partial charge in [-0.05, 0) is 43.2 Å². The number of hydrogen-bond donors (Lipinski definition) is 1. The van der Waals surface area contributed by atoms with Crippen molar-refractivity contribution in [1.29, 1.82) is 0 Å². The Morgan fingerprint density at radius 2 is 1.86 bits per heavy atom. The monoisotopic (exact) mass is 294 g/mol. The number of rotatable bonds is 3. The highest BCUT2D eigenvalue weighted by atomic mass is 16.2. The van der Waals surface area contributed by atoms with Crippen LogP contribution in [0.2, 0.25) is 0 Å². The Morgan fingerprint density at radius 1 is 1.09 bits per heavy atom. The van der Waals surface area contributed by atoms with Crippen LogP contribution in [0.5, 0.6) is 0 Å². The van der Waals surface area contributed by atoms with Gasteiger partial charge in [0.25, 0.3) is 11.8 Å². The van der Waals surface area contributed by atoms with Crippen LogP contribution in [0.15, 0.2) is 48.5 Å². The van der Waals surface area contributed by atoms with Gasteiger partial charge in [-0.25, -0.2) is 0 Å². The van der Waals surface area contributed by atoms with Crippen molar-refractivity contribution < 1.29 is 9.59 Å². The van der Waals surface area contributed by atoms with Crippen molar-refractivity contribution in [3.8, 4) is 0 Å². The summed E-state index contributed by atoms with van der Waals surface area (Å²) in [6, 6.07) is 14.8. The van der Waals surface area contributed by atoms with E-state index in [-0.39, 0.29) is 11.8 Å². The molecule has 3 rings (SSSR count). The highest BCUT2D eigenvalue weighted by molar-refractivity contribution is 6.08. The van der Waals surface area contributed by atoms with E-state index >= 15 is 0 Å². The van der Waals surface area contributed by atoms with Crippen LogP contribution in [-0.4, -0.2) is 24.9 Å². The van der Waals surface area contributed by atoms with Crippen molar-refractivity contribution >= 4 is 17.5 Å². The van der Waals surface area contributed by atoms with E-state index in [2.05, 4.69) is 5.32 Å². The van der Waals surface area contributed by atoms with Crippen LogP contribution in [0.3, 0.4) is 0 Å². The Balaban J connectivity index is 1.94. The maximum Gasteiger partial charge on any atom is 0.258 e. The lowest BCUT2D eigenvalue weighted by Crippen LogP contribution is -2.28. The molecule has 1 N–H and O–H groups in total. The van der Waals surface area contributed by atoms with E-state index in [4.69, 9.17) is 0 Å². The third kappa shape index (κ3) is 2.48. The average Bonchev–Trinajstić information content (AvgIpc) is 2.99. The highest BCUT2D eigenvalue weighted by Gasteiger charge is 2.28. The van der Waals surface area contributed by atoms with Crippen LogP contribution in [0.1, 0.15) is 33.2 Å². The number of fused-ring (bicyclic) bond motifs is 1. The molecule has 1 aliphatic rings. The molecule has 2 aromatic carbocycles. The lowest BCUT2D eigenvalue weighted by molar-refractivity contribution is 0.0953. The average molecular weight is 294 g/mol. The van der Waals surface area contributed by atoms with Gasteiger partial charge in [-0.1, -0.05) is 24.3 Å². The number of nitrogens with zero attached hydrogens (tertiary/aromatic N) is 1. The zero-order chi connectivity index (χ0) is 15.5. The van der Waals surface area contributed by atoms with E-state index in [0.29, 0.717) is 30.6 Å². The highest BCUT2D eigenvalue weighted by Crippen LogP contribution is 2.31.